The lowest BCUT2D eigenvalue weighted by Crippen LogP contribution is -2.34. The van der Waals surface area contributed by atoms with Gasteiger partial charge >= 0.3 is 0 Å². The Bertz CT molecular complexity index is 608. The Hall–Kier alpha value is -1.46. The van der Waals surface area contributed by atoms with Crippen molar-refractivity contribution in [2.24, 2.45) is 0 Å². The zero-order valence-electron chi connectivity index (χ0n) is 12.6. The topological polar surface area (TPSA) is 82.4 Å². The van der Waals surface area contributed by atoms with E-state index in [0.29, 0.717) is 30.8 Å². The zero-order valence-corrected chi connectivity index (χ0v) is 13.4. The number of likely N-dealkylation sites (N-methyl/N-ethyl adjacent to an activating group) is 1. The first-order valence-corrected chi connectivity index (χ1v) is 8.07. The summed E-state index contributed by atoms with van der Waals surface area (Å²) in [6.07, 6.45) is 0. The van der Waals surface area contributed by atoms with Crippen molar-refractivity contribution in [2.75, 3.05) is 40.4 Å². The monoisotopic (exact) mass is 311 g/mol. The predicted molar refractivity (Wildman–Crippen MR) is 80.5 cm³/mol. The molecule has 1 N–H and O–H groups in total. The lowest BCUT2D eigenvalue weighted by Gasteiger charge is -2.16. The summed E-state index contributed by atoms with van der Waals surface area (Å²) in [5.74, 6) is 0. The van der Waals surface area contributed by atoms with Gasteiger partial charge in [-0.1, -0.05) is 0 Å². The van der Waals surface area contributed by atoms with Crippen molar-refractivity contribution in [2.45, 2.75) is 11.8 Å². The number of nitrogens with zero attached hydrogens (tertiary/aromatic N) is 2. The molecule has 7 heteroatoms. The molecule has 0 saturated carbocycles. The van der Waals surface area contributed by atoms with Crippen molar-refractivity contribution in [3.05, 3.63) is 29.3 Å². The van der Waals surface area contributed by atoms with Crippen molar-refractivity contribution in [3.8, 4) is 6.07 Å². The summed E-state index contributed by atoms with van der Waals surface area (Å²) in [5.41, 5.74) is 1.13. The molecule has 0 aliphatic rings. The highest BCUT2D eigenvalue weighted by Gasteiger charge is 2.14. The van der Waals surface area contributed by atoms with Crippen LogP contribution in [0.2, 0.25) is 0 Å². The second-order valence-electron chi connectivity index (χ2n) is 4.78. The molecular formula is C14H21N3O3S. The first kappa shape index (κ1) is 17.6. The third kappa shape index (κ3) is 5.44. The van der Waals surface area contributed by atoms with E-state index in [9.17, 15) is 8.42 Å². The number of benzene rings is 1. The summed E-state index contributed by atoms with van der Waals surface area (Å²) in [6.45, 7) is 3.99. The van der Waals surface area contributed by atoms with Crippen LogP contribution in [0.4, 0.5) is 0 Å². The van der Waals surface area contributed by atoms with E-state index in [1.165, 1.54) is 18.2 Å². The minimum atomic E-state index is -3.54. The molecule has 6 nitrogen and oxygen atoms in total. The van der Waals surface area contributed by atoms with Gasteiger partial charge in [-0.2, -0.15) is 5.26 Å². The lowest BCUT2D eigenvalue weighted by molar-refractivity contribution is 0.162. The predicted octanol–water partition coefficient (Wildman–Crippen LogP) is 0.723. The summed E-state index contributed by atoms with van der Waals surface area (Å²) in [6, 6.07) is 6.50. The largest absolute Gasteiger partial charge is 0.383 e. The highest BCUT2D eigenvalue weighted by atomic mass is 32.2. The second kappa shape index (κ2) is 8.10. The number of sulfonamides is 1. The molecular weight excluding hydrogens is 290 g/mol. The van der Waals surface area contributed by atoms with Gasteiger partial charge in [-0.25, -0.2) is 13.1 Å². The first-order chi connectivity index (χ1) is 9.90. The molecule has 0 fully saturated rings. The molecule has 0 aliphatic carbocycles. The van der Waals surface area contributed by atoms with Crippen LogP contribution in [0.25, 0.3) is 0 Å². The molecule has 0 bridgehead atoms. The van der Waals surface area contributed by atoms with Crippen LogP contribution in [0.5, 0.6) is 0 Å². The number of aryl methyl sites for hydroxylation is 1. The summed E-state index contributed by atoms with van der Waals surface area (Å²) >= 11 is 0. The lowest BCUT2D eigenvalue weighted by atomic mass is 10.1. The number of hydrogen-bond donors (Lipinski definition) is 1. The Balaban J connectivity index is 2.62. The number of nitriles is 1. The molecule has 21 heavy (non-hydrogen) atoms. The maximum Gasteiger partial charge on any atom is 0.240 e. The minimum absolute atomic E-state index is 0.179. The van der Waals surface area contributed by atoms with Gasteiger partial charge in [-0.15, -0.1) is 0 Å². The molecule has 1 aromatic carbocycles. The van der Waals surface area contributed by atoms with Gasteiger partial charge < -0.3 is 9.64 Å². The Labute approximate surface area is 126 Å². The van der Waals surface area contributed by atoms with Crippen LogP contribution in [0.1, 0.15) is 11.1 Å². The fourth-order valence-corrected chi connectivity index (χ4v) is 2.85. The van der Waals surface area contributed by atoms with E-state index in [2.05, 4.69) is 4.72 Å². The quantitative estimate of drug-likeness (QED) is 0.765. The molecule has 1 aromatic rings. The smallest absolute Gasteiger partial charge is 0.240 e. The molecule has 0 spiro atoms. The van der Waals surface area contributed by atoms with Crippen LogP contribution in [0.15, 0.2) is 23.1 Å². The van der Waals surface area contributed by atoms with Crippen LogP contribution in [0, 0.1) is 18.3 Å². The highest BCUT2D eigenvalue weighted by Crippen LogP contribution is 2.14. The van der Waals surface area contributed by atoms with E-state index < -0.39 is 10.0 Å². The molecule has 116 valence electrons. The third-order valence-electron chi connectivity index (χ3n) is 3.09. The number of methoxy groups -OCH3 is 1. The van der Waals surface area contributed by atoms with E-state index in [1.54, 1.807) is 14.0 Å². The van der Waals surface area contributed by atoms with Gasteiger partial charge in [0.05, 0.1) is 23.1 Å². The molecule has 0 aliphatic heterocycles. The highest BCUT2D eigenvalue weighted by molar-refractivity contribution is 7.89. The van der Waals surface area contributed by atoms with Gasteiger partial charge in [-0.3, -0.25) is 0 Å². The number of nitrogens with one attached hydrogen (secondary N) is 1. The summed E-state index contributed by atoms with van der Waals surface area (Å²) in [4.78, 5) is 2.16. The van der Waals surface area contributed by atoms with Crippen molar-refractivity contribution in [1.29, 1.82) is 5.26 Å². The molecule has 0 radical (unpaired) electrons. The Morgan fingerprint density at radius 1 is 1.38 bits per heavy atom. The fourth-order valence-electron chi connectivity index (χ4n) is 1.74. The number of hydrogen-bond acceptors (Lipinski definition) is 5. The molecule has 0 unspecified atom stereocenters. The Morgan fingerprint density at radius 3 is 2.67 bits per heavy atom. The number of rotatable bonds is 8. The summed E-state index contributed by atoms with van der Waals surface area (Å²) in [7, 11) is -0.0105. The summed E-state index contributed by atoms with van der Waals surface area (Å²) < 4.78 is 31.8. The average molecular weight is 311 g/mol. The van der Waals surface area contributed by atoms with E-state index >= 15 is 0 Å². The molecule has 0 amide bonds. The van der Waals surface area contributed by atoms with E-state index in [1.807, 2.05) is 18.0 Å². The average Bonchev–Trinajstić information content (AvgIpc) is 2.44. The van der Waals surface area contributed by atoms with Crippen LogP contribution in [0.3, 0.4) is 0 Å². The van der Waals surface area contributed by atoms with Crippen molar-refractivity contribution < 1.29 is 13.2 Å². The molecule has 0 heterocycles. The van der Waals surface area contributed by atoms with E-state index in [0.717, 1.165) is 6.54 Å². The van der Waals surface area contributed by atoms with Gasteiger partial charge in [0.2, 0.25) is 10.0 Å². The van der Waals surface area contributed by atoms with Gasteiger partial charge in [0.15, 0.2) is 0 Å². The minimum Gasteiger partial charge on any atom is -0.383 e. The molecule has 0 aromatic heterocycles. The van der Waals surface area contributed by atoms with Crippen LogP contribution < -0.4 is 4.72 Å². The van der Waals surface area contributed by atoms with Gasteiger partial charge in [0.25, 0.3) is 0 Å². The molecule has 0 saturated heterocycles. The molecule has 1 rings (SSSR count). The number of ether oxygens (including phenoxy) is 1. The van der Waals surface area contributed by atoms with Gasteiger partial charge in [-0.05, 0) is 37.7 Å². The standard InChI is InChI=1S/C14H21N3O3S/c1-12-10-14(5-4-13(12)11-15)21(18,19)16-6-7-17(2)8-9-20-3/h4-5,10,16H,6-9H2,1-3H3. The maximum atomic E-state index is 12.1. The van der Waals surface area contributed by atoms with Crippen LogP contribution in [-0.4, -0.2) is 53.7 Å². The van der Waals surface area contributed by atoms with Crippen molar-refractivity contribution >= 4 is 10.0 Å². The van der Waals surface area contributed by atoms with Crippen LogP contribution in [-0.2, 0) is 14.8 Å². The second-order valence-corrected chi connectivity index (χ2v) is 6.55. The van der Waals surface area contributed by atoms with Crippen molar-refractivity contribution in [1.82, 2.24) is 9.62 Å². The van der Waals surface area contributed by atoms with E-state index in [-0.39, 0.29) is 4.90 Å². The Morgan fingerprint density at radius 2 is 2.10 bits per heavy atom. The first-order valence-electron chi connectivity index (χ1n) is 6.58. The SMILES string of the molecule is COCCN(C)CCNS(=O)(=O)c1ccc(C#N)c(C)c1. The normalized spacial score (nSPS) is 11.6. The van der Waals surface area contributed by atoms with Crippen LogP contribution >= 0.6 is 0 Å². The summed E-state index contributed by atoms with van der Waals surface area (Å²) in [5, 5.41) is 8.85. The van der Waals surface area contributed by atoms with Gasteiger partial charge in [0, 0.05) is 26.7 Å². The molecule has 0 atom stereocenters. The van der Waals surface area contributed by atoms with E-state index in [4.69, 9.17) is 10.00 Å². The van der Waals surface area contributed by atoms with Gasteiger partial charge in [0.1, 0.15) is 0 Å². The maximum absolute atomic E-state index is 12.1. The zero-order chi connectivity index (χ0) is 15.9. The van der Waals surface area contributed by atoms with Crippen molar-refractivity contribution in [3.63, 3.8) is 0 Å². The fraction of sp³-hybridized carbons (Fsp3) is 0.500. The third-order valence-corrected chi connectivity index (χ3v) is 4.55. The Kier molecular flexibility index (Phi) is 6.78.